The van der Waals surface area contributed by atoms with Crippen molar-refractivity contribution in [2.75, 3.05) is 4.72 Å². The number of halogens is 3. The number of amides is 1. The van der Waals surface area contributed by atoms with Crippen LogP contribution in [0.1, 0.15) is 10.6 Å². The molecule has 3 N–H and O–H groups in total. The number of furan rings is 1. The molecule has 0 radical (unpaired) electrons. The summed E-state index contributed by atoms with van der Waals surface area (Å²) < 4.78 is 74.1. The van der Waals surface area contributed by atoms with Gasteiger partial charge in [0.1, 0.15) is 21.9 Å². The van der Waals surface area contributed by atoms with Crippen molar-refractivity contribution >= 4 is 32.6 Å². The van der Waals surface area contributed by atoms with E-state index in [9.17, 15) is 26.4 Å². The third-order valence-electron chi connectivity index (χ3n) is 3.42. The molecule has 1 heterocycles. The SMILES string of the molecule is NC(=O)c1oc2ccccc2c1NS(=O)(=O)c1ccccc1OC(F)(F)F. The summed E-state index contributed by atoms with van der Waals surface area (Å²) in [5, 5.41) is 0.212. The number of carbonyl (C=O) groups is 1. The van der Waals surface area contributed by atoms with Gasteiger partial charge in [-0.05, 0) is 24.3 Å². The van der Waals surface area contributed by atoms with Crippen molar-refractivity contribution in [3.8, 4) is 5.75 Å². The molecule has 0 spiro atoms. The lowest BCUT2D eigenvalue weighted by molar-refractivity contribution is -0.275. The van der Waals surface area contributed by atoms with Gasteiger partial charge in [-0.15, -0.1) is 13.2 Å². The predicted molar refractivity (Wildman–Crippen MR) is 88.7 cm³/mol. The first-order chi connectivity index (χ1) is 12.6. The van der Waals surface area contributed by atoms with Crippen molar-refractivity contribution in [1.29, 1.82) is 0 Å². The van der Waals surface area contributed by atoms with Gasteiger partial charge < -0.3 is 14.9 Å². The Morgan fingerprint density at radius 1 is 1.07 bits per heavy atom. The van der Waals surface area contributed by atoms with E-state index in [0.717, 1.165) is 12.1 Å². The second-order valence-electron chi connectivity index (χ2n) is 5.27. The number of primary amides is 1. The Hall–Kier alpha value is -3.21. The van der Waals surface area contributed by atoms with E-state index >= 15 is 0 Å². The van der Waals surface area contributed by atoms with Crippen molar-refractivity contribution in [2.24, 2.45) is 5.73 Å². The van der Waals surface area contributed by atoms with Gasteiger partial charge in [0.15, 0.2) is 0 Å². The fourth-order valence-electron chi connectivity index (χ4n) is 2.39. The Morgan fingerprint density at radius 2 is 1.70 bits per heavy atom. The van der Waals surface area contributed by atoms with Crippen LogP contribution in [0.5, 0.6) is 5.75 Å². The van der Waals surface area contributed by atoms with Gasteiger partial charge in [-0.2, -0.15) is 0 Å². The van der Waals surface area contributed by atoms with Gasteiger partial charge in [-0.3, -0.25) is 9.52 Å². The number of nitrogens with two attached hydrogens (primary N) is 1. The summed E-state index contributed by atoms with van der Waals surface area (Å²) in [7, 11) is -4.58. The molecule has 3 aromatic rings. The van der Waals surface area contributed by atoms with Gasteiger partial charge in [0.2, 0.25) is 5.76 Å². The molecule has 0 atom stereocenters. The molecular weight excluding hydrogens is 389 g/mol. The summed E-state index contributed by atoms with van der Waals surface area (Å²) in [6.45, 7) is 0. The minimum absolute atomic E-state index is 0.170. The summed E-state index contributed by atoms with van der Waals surface area (Å²) in [5.41, 5.74) is 5.10. The van der Waals surface area contributed by atoms with E-state index in [1.807, 2.05) is 0 Å². The van der Waals surface area contributed by atoms with E-state index in [2.05, 4.69) is 9.46 Å². The summed E-state index contributed by atoms with van der Waals surface area (Å²) in [5.74, 6) is -2.45. The van der Waals surface area contributed by atoms with E-state index in [0.29, 0.717) is 0 Å². The van der Waals surface area contributed by atoms with Crippen LogP contribution in [-0.2, 0) is 10.0 Å². The largest absolute Gasteiger partial charge is 0.573 e. The number of sulfonamides is 1. The molecule has 0 bridgehead atoms. The maximum absolute atomic E-state index is 12.7. The van der Waals surface area contributed by atoms with Crippen LogP contribution in [0.2, 0.25) is 0 Å². The number of fused-ring (bicyclic) bond motifs is 1. The number of carbonyl (C=O) groups excluding carboxylic acids is 1. The number of anilines is 1. The van der Waals surface area contributed by atoms with Gasteiger partial charge in [-0.25, -0.2) is 8.42 Å². The number of hydrogen-bond acceptors (Lipinski definition) is 5. The number of para-hydroxylation sites is 2. The highest BCUT2D eigenvalue weighted by molar-refractivity contribution is 7.92. The van der Waals surface area contributed by atoms with E-state index in [-0.39, 0.29) is 16.7 Å². The number of alkyl halides is 3. The molecule has 0 unspecified atom stereocenters. The van der Waals surface area contributed by atoms with Crippen LogP contribution in [-0.4, -0.2) is 20.7 Å². The molecule has 0 aliphatic rings. The van der Waals surface area contributed by atoms with Crippen molar-refractivity contribution in [3.05, 3.63) is 54.3 Å². The third kappa shape index (κ3) is 3.82. The number of ether oxygens (including phenoxy) is 1. The Labute approximate surface area is 150 Å². The molecule has 142 valence electrons. The molecule has 0 aliphatic carbocycles. The lowest BCUT2D eigenvalue weighted by Crippen LogP contribution is -2.21. The zero-order chi connectivity index (χ0) is 19.8. The van der Waals surface area contributed by atoms with Crippen molar-refractivity contribution in [2.45, 2.75) is 11.3 Å². The number of nitrogens with one attached hydrogen (secondary N) is 1. The molecule has 0 saturated carbocycles. The molecule has 1 amide bonds. The molecule has 1 aromatic heterocycles. The molecule has 11 heteroatoms. The van der Waals surface area contributed by atoms with Gasteiger partial charge in [0.05, 0.1) is 0 Å². The summed E-state index contributed by atoms with van der Waals surface area (Å²) in [6.07, 6.45) is -5.09. The fourth-order valence-corrected chi connectivity index (χ4v) is 3.60. The Balaban J connectivity index is 2.10. The normalized spacial score (nSPS) is 12.1. The first kappa shape index (κ1) is 18.6. The van der Waals surface area contributed by atoms with Crippen molar-refractivity contribution in [1.82, 2.24) is 0 Å². The standard InChI is InChI=1S/C16H11F3N2O5S/c17-16(18,19)26-11-7-3-4-8-12(11)27(23,24)21-13-9-5-1-2-6-10(9)25-14(13)15(20)22/h1-8,21H,(H2,20,22). The molecule has 27 heavy (non-hydrogen) atoms. The lowest BCUT2D eigenvalue weighted by Gasteiger charge is -2.14. The van der Waals surface area contributed by atoms with E-state index in [1.54, 1.807) is 12.1 Å². The van der Waals surface area contributed by atoms with E-state index < -0.39 is 38.7 Å². The molecule has 0 saturated heterocycles. The van der Waals surface area contributed by atoms with E-state index in [1.165, 1.54) is 24.3 Å². The van der Waals surface area contributed by atoms with Crippen LogP contribution in [0.15, 0.2) is 57.8 Å². The highest BCUT2D eigenvalue weighted by Crippen LogP contribution is 2.35. The van der Waals surface area contributed by atoms with Crippen molar-refractivity contribution in [3.63, 3.8) is 0 Å². The summed E-state index contributed by atoms with van der Waals surface area (Å²) in [4.78, 5) is 10.8. The number of hydrogen-bond donors (Lipinski definition) is 2. The molecule has 2 aromatic carbocycles. The Kier molecular flexibility index (Phi) is 4.47. The Morgan fingerprint density at radius 3 is 2.37 bits per heavy atom. The first-order valence-electron chi connectivity index (χ1n) is 7.27. The number of benzene rings is 2. The molecular formula is C16H11F3N2O5S. The smallest absolute Gasteiger partial charge is 0.449 e. The third-order valence-corrected chi connectivity index (χ3v) is 4.81. The van der Waals surface area contributed by atoms with Crippen molar-refractivity contribution < 1.29 is 35.5 Å². The topological polar surface area (TPSA) is 112 Å². The van der Waals surface area contributed by atoms with Crippen LogP contribution >= 0.6 is 0 Å². The van der Waals surface area contributed by atoms with Gasteiger partial charge >= 0.3 is 6.36 Å². The second-order valence-corrected chi connectivity index (χ2v) is 6.92. The molecule has 7 nitrogen and oxygen atoms in total. The quantitative estimate of drug-likeness (QED) is 0.683. The minimum Gasteiger partial charge on any atom is -0.449 e. The number of rotatable bonds is 5. The maximum Gasteiger partial charge on any atom is 0.573 e. The summed E-state index contributed by atoms with van der Waals surface area (Å²) in [6, 6.07) is 10.3. The van der Waals surface area contributed by atoms with Crippen LogP contribution < -0.4 is 15.2 Å². The highest BCUT2D eigenvalue weighted by atomic mass is 32.2. The van der Waals surface area contributed by atoms with E-state index in [4.69, 9.17) is 10.2 Å². The van der Waals surface area contributed by atoms with Crippen LogP contribution in [0.4, 0.5) is 18.9 Å². The Bertz CT molecular complexity index is 1120. The second kappa shape index (κ2) is 6.50. The average Bonchev–Trinajstić information content (AvgIpc) is 2.92. The predicted octanol–water partition coefficient (Wildman–Crippen LogP) is 3.23. The molecule has 0 fully saturated rings. The maximum atomic E-state index is 12.7. The molecule has 3 rings (SSSR count). The van der Waals surface area contributed by atoms with Crippen LogP contribution in [0.3, 0.4) is 0 Å². The minimum atomic E-state index is -5.09. The first-order valence-corrected chi connectivity index (χ1v) is 8.76. The highest BCUT2D eigenvalue weighted by Gasteiger charge is 2.34. The van der Waals surface area contributed by atoms with Gasteiger partial charge in [0, 0.05) is 5.39 Å². The summed E-state index contributed by atoms with van der Waals surface area (Å²) >= 11 is 0. The molecule has 0 aliphatic heterocycles. The van der Waals surface area contributed by atoms with Gasteiger partial charge in [0.25, 0.3) is 15.9 Å². The monoisotopic (exact) mass is 400 g/mol. The zero-order valence-electron chi connectivity index (χ0n) is 13.3. The van der Waals surface area contributed by atoms with Gasteiger partial charge in [-0.1, -0.05) is 24.3 Å². The zero-order valence-corrected chi connectivity index (χ0v) is 14.1. The fraction of sp³-hybridized carbons (Fsp3) is 0.0625. The van der Waals surface area contributed by atoms with Crippen LogP contribution in [0.25, 0.3) is 11.0 Å². The van der Waals surface area contributed by atoms with Crippen LogP contribution in [0, 0.1) is 0 Å². The average molecular weight is 400 g/mol. The lowest BCUT2D eigenvalue weighted by atomic mass is 10.2.